The van der Waals surface area contributed by atoms with E-state index in [0.717, 1.165) is 12.1 Å². The van der Waals surface area contributed by atoms with Crippen LogP contribution in [-0.2, 0) is 17.8 Å². The third-order valence-corrected chi connectivity index (χ3v) is 2.92. The van der Waals surface area contributed by atoms with Crippen molar-refractivity contribution in [3.8, 4) is 0 Å². The number of hydrogen-bond donors (Lipinski definition) is 0. The number of ether oxygens (including phenoxy) is 1. The van der Waals surface area contributed by atoms with E-state index in [0.29, 0.717) is 12.2 Å². The second-order valence-electron chi connectivity index (χ2n) is 5.89. The molecule has 0 bridgehead atoms. The molecule has 0 saturated carbocycles. The zero-order valence-electron chi connectivity index (χ0n) is 13.1. The molecule has 0 N–H and O–H groups in total. The highest BCUT2D eigenvalue weighted by atomic mass is 16.6. The van der Waals surface area contributed by atoms with Gasteiger partial charge >= 0.3 is 5.97 Å². The van der Waals surface area contributed by atoms with E-state index >= 15 is 0 Å². The molecule has 7 heteroatoms. The summed E-state index contributed by atoms with van der Waals surface area (Å²) in [6.45, 7) is 10.7. The van der Waals surface area contributed by atoms with Crippen LogP contribution in [-0.4, -0.2) is 36.3 Å². The Balaban J connectivity index is 2.15. The Morgan fingerprint density at radius 3 is 2.67 bits per heavy atom. The predicted molar refractivity (Wildman–Crippen MR) is 76.9 cm³/mol. The summed E-state index contributed by atoms with van der Waals surface area (Å²) >= 11 is 0. The van der Waals surface area contributed by atoms with Gasteiger partial charge in [-0.3, -0.25) is 4.68 Å². The van der Waals surface area contributed by atoms with Crippen LogP contribution in [0.4, 0.5) is 0 Å². The van der Waals surface area contributed by atoms with Crippen molar-refractivity contribution in [3.63, 3.8) is 0 Å². The second-order valence-corrected chi connectivity index (χ2v) is 5.89. The summed E-state index contributed by atoms with van der Waals surface area (Å²) in [5.74, 6) is -0.449. The highest BCUT2D eigenvalue weighted by Gasteiger charge is 2.23. The van der Waals surface area contributed by atoms with Gasteiger partial charge in [0.15, 0.2) is 5.69 Å². The first kappa shape index (κ1) is 15.2. The molecule has 0 unspecified atom stereocenters. The van der Waals surface area contributed by atoms with E-state index in [1.807, 2.05) is 45.5 Å². The number of esters is 1. The lowest BCUT2D eigenvalue weighted by Gasteiger charge is -2.18. The van der Waals surface area contributed by atoms with Gasteiger partial charge in [0, 0.05) is 18.3 Å². The maximum Gasteiger partial charge on any atom is 0.361 e. The van der Waals surface area contributed by atoms with Crippen LogP contribution in [0, 0.1) is 6.92 Å². The topological polar surface area (TPSA) is 74.8 Å². The fourth-order valence-electron chi connectivity index (χ4n) is 1.86. The van der Waals surface area contributed by atoms with Gasteiger partial charge in [-0.15, -0.1) is 5.10 Å². The van der Waals surface area contributed by atoms with Crippen molar-refractivity contribution < 1.29 is 9.53 Å². The lowest BCUT2D eigenvalue weighted by Crippen LogP contribution is -2.24. The SMILES string of the molecule is CCn1cc(Cn2nnc(C(=O)OC(C)(C)C)c2C)cn1. The van der Waals surface area contributed by atoms with E-state index in [4.69, 9.17) is 4.74 Å². The monoisotopic (exact) mass is 291 g/mol. The lowest BCUT2D eigenvalue weighted by atomic mass is 10.2. The minimum Gasteiger partial charge on any atom is -0.455 e. The standard InChI is InChI=1S/C14H21N5O2/c1-6-18-8-11(7-15-18)9-19-10(2)12(16-17-19)13(20)21-14(3,4)5/h7-8H,6,9H2,1-5H3. The van der Waals surface area contributed by atoms with Gasteiger partial charge in [0.25, 0.3) is 0 Å². The van der Waals surface area contributed by atoms with Gasteiger partial charge in [-0.2, -0.15) is 5.10 Å². The van der Waals surface area contributed by atoms with E-state index in [1.165, 1.54) is 0 Å². The number of carbonyl (C=O) groups is 1. The van der Waals surface area contributed by atoms with E-state index in [2.05, 4.69) is 15.4 Å². The first-order valence-electron chi connectivity index (χ1n) is 6.95. The van der Waals surface area contributed by atoms with E-state index < -0.39 is 11.6 Å². The molecule has 2 rings (SSSR count). The summed E-state index contributed by atoms with van der Waals surface area (Å²) in [6, 6.07) is 0. The van der Waals surface area contributed by atoms with Crippen molar-refractivity contribution in [1.82, 2.24) is 24.8 Å². The van der Waals surface area contributed by atoms with Gasteiger partial charge in [-0.1, -0.05) is 5.21 Å². The number of hydrogen-bond acceptors (Lipinski definition) is 5. The molecule has 2 aromatic heterocycles. The van der Waals surface area contributed by atoms with Crippen molar-refractivity contribution >= 4 is 5.97 Å². The number of nitrogens with zero attached hydrogens (tertiary/aromatic N) is 5. The van der Waals surface area contributed by atoms with E-state index in [-0.39, 0.29) is 5.69 Å². The molecular formula is C14H21N5O2. The normalized spacial score (nSPS) is 11.7. The predicted octanol–water partition coefficient (Wildman–Crippen LogP) is 1.81. The average molecular weight is 291 g/mol. The summed E-state index contributed by atoms with van der Waals surface area (Å²) in [4.78, 5) is 12.0. The molecule has 2 aromatic rings. The third kappa shape index (κ3) is 3.68. The molecule has 0 aliphatic carbocycles. The quantitative estimate of drug-likeness (QED) is 0.803. The smallest absolute Gasteiger partial charge is 0.361 e. The van der Waals surface area contributed by atoms with Crippen LogP contribution in [0.15, 0.2) is 12.4 Å². The van der Waals surface area contributed by atoms with Crippen molar-refractivity contribution in [1.29, 1.82) is 0 Å². The van der Waals surface area contributed by atoms with Gasteiger partial charge in [0.1, 0.15) is 5.60 Å². The van der Waals surface area contributed by atoms with Crippen molar-refractivity contribution in [2.75, 3.05) is 0 Å². The number of carbonyl (C=O) groups excluding carboxylic acids is 1. The van der Waals surface area contributed by atoms with Crippen molar-refractivity contribution in [2.24, 2.45) is 0 Å². The van der Waals surface area contributed by atoms with Crippen LogP contribution in [0.25, 0.3) is 0 Å². The van der Waals surface area contributed by atoms with Crippen LogP contribution in [0.5, 0.6) is 0 Å². The summed E-state index contributed by atoms with van der Waals surface area (Å²) < 4.78 is 8.84. The molecule has 0 amide bonds. The molecule has 0 aromatic carbocycles. The first-order chi connectivity index (χ1) is 9.80. The van der Waals surface area contributed by atoms with Crippen LogP contribution in [0.2, 0.25) is 0 Å². The Hall–Kier alpha value is -2.18. The molecule has 0 atom stereocenters. The average Bonchev–Trinajstić information content (AvgIpc) is 2.96. The fourth-order valence-corrected chi connectivity index (χ4v) is 1.86. The Bertz CT molecular complexity index is 636. The van der Waals surface area contributed by atoms with Gasteiger partial charge in [0.2, 0.25) is 0 Å². The van der Waals surface area contributed by atoms with Crippen molar-refractivity contribution in [2.45, 2.75) is 53.3 Å². The highest BCUT2D eigenvalue weighted by Crippen LogP contribution is 2.14. The summed E-state index contributed by atoms with van der Waals surface area (Å²) in [5, 5.41) is 12.2. The van der Waals surface area contributed by atoms with Gasteiger partial charge in [0.05, 0.1) is 18.4 Å². The molecule has 0 saturated heterocycles. The number of aromatic nitrogens is 5. The molecule has 0 aliphatic heterocycles. The number of aryl methyl sites for hydroxylation is 1. The minimum atomic E-state index is -0.546. The molecular weight excluding hydrogens is 270 g/mol. The fraction of sp³-hybridized carbons (Fsp3) is 0.571. The number of rotatable bonds is 4. The van der Waals surface area contributed by atoms with E-state index in [1.54, 1.807) is 10.9 Å². The van der Waals surface area contributed by atoms with Gasteiger partial charge in [-0.25, -0.2) is 9.48 Å². The van der Waals surface area contributed by atoms with Crippen molar-refractivity contribution in [3.05, 3.63) is 29.3 Å². The van der Waals surface area contributed by atoms with Crippen LogP contribution < -0.4 is 0 Å². The van der Waals surface area contributed by atoms with Crippen LogP contribution in [0.1, 0.15) is 49.4 Å². The summed E-state index contributed by atoms with van der Waals surface area (Å²) in [5.41, 5.74) is 1.41. The maximum absolute atomic E-state index is 12.0. The lowest BCUT2D eigenvalue weighted by molar-refractivity contribution is 0.00619. The molecule has 21 heavy (non-hydrogen) atoms. The summed E-state index contributed by atoms with van der Waals surface area (Å²) in [6.07, 6.45) is 3.74. The molecule has 114 valence electrons. The molecule has 0 radical (unpaired) electrons. The molecule has 2 heterocycles. The molecule has 0 fully saturated rings. The Kier molecular flexibility index (Phi) is 4.11. The Labute approximate surface area is 123 Å². The largest absolute Gasteiger partial charge is 0.455 e. The van der Waals surface area contributed by atoms with Gasteiger partial charge in [-0.05, 0) is 34.6 Å². The third-order valence-electron chi connectivity index (χ3n) is 2.92. The van der Waals surface area contributed by atoms with Gasteiger partial charge < -0.3 is 4.74 Å². The first-order valence-corrected chi connectivity index (χ1v) is 6.95. The van der Waals surface area contributed by atoms with E-state index in [9.17, 15) is 4.79 Å². The van der Waals surface area contributed by atoms with Crippen LogP contribution >= 0.6 is 0 Å². The maximum atomic E-state index is 12.0. The zero-order valence-corrected chi connectivity index (χ0v) is 13.1. The second kappa shape index (κ2) is 5.67. The Morgan fingerprint density at radius 2 is 2.10 bits per heavy atom. The Morgan fingerprint density at radius 1 is 1.38 bits per heavy atom. The molecule has 0 aliphatic rings. The molecule has 7 nitrogen and oxygen atoms in total. The molecule has 0 spiro atoms. The van der Waals surface area contributed by atoms with Crippen LogP contribution in [0.3, 0.4) is 0 Å². The highest BCUT2D eigenvalue weighted by molar-refractivity contribution is 5.88. The minimum absolute atomic E-state index is 0.257. The zero-order chi connectivity index (χ0) is 15.6. The summed E-state index contributed by atoms with van der Waals surface area (Å²) in [7, 11) is 0.